The lowest BCUT2D eigenvalue weighted by Gasteiger charge is -2.33. The lowest BCUT2D eigenvalue weighted by Crippen LogP contribution is -2.32. The van der Waals surface area contributed by atoms with Gasteiger partial charge in [0.2, 0.25) is 6.41 Å². The molecule has 0 bridgehead atoms. The molecule has 0 radical (unpaired) electrons. The topological polar surface area (TPSA) is 97.7 Å². The van der Waals surface area contributed by atoms with Crippen LogP contribution in [0.3, 0.4) is 0 Å². The maximum absolute atomic E-state index is 11.2. The number of H-pyrrole nitrogens is 1. The third-order valence-corrected chi connectivity index (χ3v) is 9.22. The number of carbonyl (C=O) groups excluding carboxylic acids is 1. The molecular formula is C40H34N6O2. The number of amides is 1. The van der Waals surface area contributed by atoms with Crippen molar-refractivity contribution in [2.45, 2.75) is 30.9 Å². The van der Waals surface area contributed by atoms with E-state index in [2.05, 4.69) is 101 Å². The van der Waals surface area contributed by atoms with E-state index in [4.69, 9.17) is 19.9 Å². The van der Waals surface area contributed by atoms with Crippen molar-refractivity contribution < 1.29 is 9.53 Å². The lowest BCUT2D eigenvalue weighted by atomic mass is 9.69. The molecule has 0 aliphatic carbocycles. The van der Waals surface area contributed by atoms with Crippen molar-refractivity contribution in [2.24, 2.45) is 0 Å². The van der Waals surface area contributed by atoms with Crippen molar-refractivity contribution in [3.05, 3.63) is 156 Å². The number of aromatic nitrogens is 5. The summed E-state index contributed by atoms with van der Waals surface area (Å²) in [6.45, 7) is 0.712. The maximum atomic E-state index is 11.2. The fourth-order valence-corrected chi connectivity index (χ4v) is 6.99. The summed E-state index contributed by atoms with van der Waals surface area (Å²) in [4.78, 5) is 16.5. The Morgan fingerprint density at radius 2 is 1.46 bits per heavy atom. The smallest absolute Gasteiger partial charge is 0.211 e. The van der Waals surface area contributed by atoms with Crippen LogP contribution in [0.4, 0.5) is 5.69 Å². The number of ether oxygens (including phenoxy) is 1. The first-order chi connectivity index (χ1) is 23.8. The summed E-state index contributed by atoms with van der Waals surface area (Å²) < 4.78 is 8.18. The summed E-state index contributed by atoms with van der Waals surface area (Å²) in [6.07, 6.45) is 3.58. The predicted octanol–water partition coefficient (Wildman–Crippen LogP) is 8.14. The van der Waals surface area contributed by atoms with Gasteiger partial charge in [0.25, 0.3) is 0 Å². The summed E-state index contributed by atoms with van der Waals surface area (Å²) >= 11 is 0. The van der Waals surface area contributed by atoms with Crippen molar-refractivity contribution >= 4 is 23.0 Å². The van der Waals surface area contributed by atoms with Crippen molar-refractivity contribution in [3.8, 4) is 22.6 Å². The molecule has 1 atom stereocenters. The Hall–Kier alpha value is -5.86. The Kier molecular flexibility index (Phi) is 7.84. The summed E-state index contributed by atoms with van der Waals surface area (Å²) in [5.41, 5.74) is 6.75. The molecule has 7 aromatic rings. The molecule has 2 N–H and O–H groups in total. The number of nitrogens with zero attached hydrogens (tertiary/aromatic N) is 4. The molecule has 0 saturated carbocycles. The molecule has 1 amide bonds. The van der Waals surface area contributed by atoms with E-state index in [-0.39, 0.29) is 6.23 Å². The maximum Gasteiger partial charge on any atom is 0.211 e. The number of nitrogens with one attached hydrogen (secondary N) is 2. The number of benzene rings is 5. The second kappa shape index (κ2) is 12.7. The first kappa shape index (κ1) is 29.5. The van der Waals surface area contributed by atoms with Gasteiger partial charge in [0.05, 0.1) is 5.52 Å². The third kappa shape index (κ3) is 5.16. The molecule has 5 aromatic carbocycles. The van der Waals surface area contributed by atoms with Crippen LogP contribution in [-0.4, -0.2) is 38.0 Å². The Morgan fingerprint density at radius 3 is 2.08 bits per heavy atom. The van der Waals surface area contributed by atoms with Gasteiger partial charge in [-0.05, 0) is 66.3 Å². The van der Waals surface area contributed by atoms with Crippen molar-refractivity contribution in [2.75, 3.05) is 11.9 Å². The average molecular weight is 631 g/mol. The highest BCUT2D eigenvalue weighted by Crippen LogP contribution is 2.44. The number of anilines is 1. The lowest BCUT2D eigenvalue weighted by molar-refractivity contribution is -0.105. The minimum Gasteiger partial charge on any atom is -0.356 e. The zero-order chi connectivity index (χ0) is 32.3. The molecule has 3 heterocycles. The number of fused-ring (bicyclic) bond motifs is 1. The van der Waals surface area contributed by atoms with Gasteiger partial charge in [-0.3, -0.25) is 9.89 Å². The van der Waals surface area contributed by atoms with E-state index in [1.54, 1.807) is 0 Å². The van der Waals surface area contributed by atoms with E-state index in [0.29, 0.717) is 24.5 Å². The van der Waals surface area contributed by atoms with Gasteiger partial charge < -0.3 is 10.1 Å². The molecule has 1 saturated heterocycles. The molecule has 236 valence electrons. The zero-order valence-electron chi connectivity index (χ0n) is 26.3. The van der Waals surface area contributed by atoms with Gasteiger partial charge in [0.1, 0.15) is 16.9 Å². The van der Waals surface area contributed by atoms with E-state index >= 15 is 0 Å². The minimum absolute atomic E-state index is 0.143. The van der Waals surface area contributed by atoms with E-state index in [1.807, 2.05) is 47.1 Å². The summed E-state index contributed by atoms with van der Waals surface area (Å²) in [5.74, 6) is 1.31. The van der Waals surface area contributed by atoms with Gasteiger partial charge in [-0.2, -0.15) is 10.2 Å². The molecule has 1 unspecified atom stereocenters. The molecule has 8 heteroatoms. The number of hydrogen-bond donors (Lipinski definition) is 2. The standard InChI is InChI=1S/C40H34N6O2/c47-27-41-33-20-12-13-28(25-33)37-34-26-29(22-23-35(34)46(45-37)36-21-10-11-24-48-36)38-42-39(44-43-38)40(30-14-4-1-5-15-30,31-16-6-2-7-17-31)32-18-8-3-9-19-32/h1-9,12-20,22-23,25-27,36H,10-11,21,24H2,(H,41,47)(H,42,43,44). The van der Waals surface area contributed by atoms with Crippen LogP contribution in [-0.2, 0) is 14.9 Å². The monoisotopic (exact) mass is 630 g/mol. The second-order valence-corrected chi connectivity index (χ2v) is 12.0. The van der Waals surface area contributed by atoms with Crippen LogP contribution in [0, 0.1) is 0 Å². The van der Waals surface area contributed by atoms with Gasteiger partial charge in [0.15, 0.2) is 12.1 Å². The van der Waals surface area contributed by atoms with E-state index in [1.165, 1.54) is 0 Å². The van der Waals surface area contributed by atoms with Gasteiger partial charge in [-0.25, -0.2) is 9.67 Å². The number of hydrogen-bond acceptors (Lipinski definition) is 5. The Morgan fingerprint density at radius 1 is 0.771 bits per heavy atom. The van der Waals surface area contributed by atoms with Gasteiger partial charge in [0, 0.05) is 28.8 Å². The van der Waals surface area contributed by atoms with Gasteiger partial charge in [-0.1, -0.05) is 103 Å². The van der Waals surface area contributed by atoms with Crippen molar-refractivity contribution in [1.29, 1.82) is 0 Å². The van der Waals surface area contributed by atoms with Crippen LogP contribution in [0.1, 0.15) is 48.0 Å². The third-order valence-electron chi connectivity index (χ3n) is 9.22. The highest BCUT2D eigenvalue weighted by molar-refractivity contribution is 5.96. The molecule has 1 fully saturated rings. The fourth-order valence-electron chi connectivity index (χ4n) is 6.99. The summed E-state index contributed by atoms with van der Waals surface area (Å²) in [5, 5.41) is 17.0. The SMILES string of the molecule is O=CNc1cccc(-c2nn(C3CCCCO3)c3ccc(-c4n[nH]c(C(c5ccccc5)(c5ccccc5)c5ccccc5)n4)cc23)c1. The zero-order valence-corrected chi connectivity index (χ0v) is 26.3. The van der Waals surface area contributed by atoms with Gasteiger partial charge in [-0.15, -0.1) is 0 Å². The molecular weight excluding hydrogens is 596 g/mol. The van der Waals surface area contributed by atoms with Crippen LogP contribution in [0.2, 0.25) is 0 Å². The number of aromatic amines is 1. The molecule has 0 spiro atoms. The molecule has 1 aliphatic rings. The average Bonchev–Trinajstić information content (AvgIpc) is 3.80. The highest BCUT2D eigenvalue weighted by atomic mass is 16.5. The number of rotatable bonds is 9. The van der Waals surface area contributed by atoms with Crippen LogP contribution in [0.5, 0.6) is 0 Å². The quantitative estimate of drug-likeness (QED) is 0.124. The van der Waals surface area contributed by atoms with E-state index in [0.717, 1.165) is 69.5 Å². The molecule has 48 heavy (non-hydrogen) atoms. The molecule has 8 nitrogen and oxygen atoms in total. The molecule has 2 aromatic heterocycles. The normalized spacial score (nSPS) is 15.0. The van der Waals surface area contributed by atoms with E-state index < -0.39 is 5.41 Å². The Balaban J connectivity index is 1.30. The second-order valence-electron chi connectivity index (χ2n) is 12.0. The van der Waals surface area contributed by atoms with E-state index in [9.17, 15) is 4.79 Å². The summed E-state index contributed by atoms with van der Waals surface area (Å²) in [7, 11) is 0. The van der Waals surface area contributed by atoms with Crippen molar-refractivity contribution in [3.63, 3.8) is 0 Å². The summed E-state index contributed by atoms with van der Waals surface area (Å²) in [6, 6.07) is 45.4. The molecule has 8 rings (SSSR count). The van der Waals surface area contributed by atoms with Crippen LogP contribution >= 0.6 is 0 Å². The largest absolute Gasteiger partial charge is 0.356 e. The first-order valence-corrected chi connectivity index (χ1v) is 16.3. The Labute approximate surface area is 278 Å². The first-order valence-electron chi connectivity index (χ1n) is 16.3. The van der Waals surface area contributed by atoms with Gasteiger partial charge >= 0.3 is 0 Å². The Bertz CT molecular complexity index is 2070. The van der Waals surface area contributed by atoms with Crippen LogP contribution in [0.15, 0.2) is 133 Å². The molecule has 1 aliphatic heterocycles. The number of carbonyl (C=O) groups is 1. The van der Waals surface area contributed by atoms with Crippen LogP contribution < -0.4 is 5.32 Å². The minimum atomic E-state index is -0.737. The predicted molar refractivity (Wildman–Crippen MR) is 187 cm³/mol. The van der Waals surface area contributed by atoms with Crippen LogP contribution in [0.25, 0.3) is 33.5 Å². The highest BCUT2D eigenvalue weighted by Gasteiger charge is 2.41. The fraction of sp³-hybridized carbons (Fsp3) is 0.150. The van der Waals surface area contributed by atoms with Crippen molar-refractivity contribution in [1.82, 2.24) is 25.0 Å².